The normalized spacial score (nSPS) is 15.4. The Kier molecular flexibility index (Phi) is 6.21. The van der Waals surface area contributed by atoms with Crippen molar-refractivity contribution >= 4 is 50.1 Å². The van der Waals surface area contributed by atoms with Crippen molar-refractivity contribution in [2.75, 3.05) is 7.11 Å². The molecule has 0 aliphatic carbocycles. The predicted molar refractivity (Wildman–Crippen MR) is 142 cm³/mol. The molecule has 176 valence electrons. The molecule has 1 aromatic heterocycles. The van der Waals surface area contributed by atoms with Crippen molar-refractivity contribution in [2.45, 2.75) is 19.4 Å². The average Bonchev–Trinajstić information content (AvgIpc) is 3.29. The SMILES string of the molecule is COc1cccc([C@H]2CC(c3c(-c4ccccc4Cl)c4cc(Br)ccc4[nH]c3=O)=NN2C(C)=O)c1. The van der Waals surface area contributed by atoms with Crippen LogP contribution in [0, 0.1) is 0 Å². The number of nitrogens with zero attached hydrogens (tertiary/aromatic N) is 2. The highest BCUT2D eigenvalue weighted by Gasteiger charge is 2.34. The van der Waals surface area contributed by atoms with E-state index in [9.17, 15) is 9.59 Å². The third kappa shape index (κ3) is 4.26. The second-order valence-electron chi connectivity index (χ2n) is 8.28. The lowest BCUT2D eigenvalue weighted by atomic mass is 9.91. The Morgan fingerprint density at radius 3 is 2.66 bits per heavy atom. The molecule has 1 aliphatic rings. The summed E-state index contributed by atoms with van der Waals surface area (Å²) >= 11 is 10.2. The van der Waals surface area contributed by atoms with Gasteiger partial charge < -0.3 is 9.72 Å². The molecule has 1 aliphatic heterocycles. The van der Waals surface area contributed by atoms with E-state index in [0.29, 0.717) is 39.5 Å². The number of hydrogen-bond acceptors (Lipinski definition) is 4. The lowest BCUT2D eigenvalue weighted by Gasteiger charge is -2.20. The van der Waals surface area contributed by atoms with Gasteiger partial charge in [-0.05, 0) is 42.0 Å². The number of fused-ring (bicyclic) bond motifs is 1. The highest BCUT2D eigenvalue weighted by molar-refractivity contribution is 9.10. The van der Waals surface area contributed by atoms with Gasteiger partial charge in [-0.25, -0.2) is 5.01 Å². The number of aromatic amines is 1. The molecule has 5 rings (SSSR count). The Bertz CT molecular complexity index is 1560. The minimum atomic E-state index is -0.366. The van der Waals surface area contributed by atoms with Crippen LogP contribution in [0.3, 0.4) is 0 Å². The molecule has 0 unspecified atom stereocenters. The van der Waals surface area contributed by atoms with E-state index in [1.54, 1.807) is 13.2 Å². The van der Waals surface area contributed by atoms with Crippen LogP contribution >= 0.6 is 27.5 Å². The van der Waals surface area contributed by atoms with Crippen molar-refractivity contribution < 1.29 is 9.53 Å². The Hall–Kier alpha value is -3.42. The Labute approximate surface area is 215 Å². The summed E-state index contributed by atoms with van der Waals surface area (Å²) in [5.41, 5.74) is 3.60. The van der Waals surface area contributed by atoms with E-state index in [1.807, 2.05) is 60.7 Å². The Balaban J connectivity index is 1.75. The van der Waals surface area contributed by atoms with E-state index in [4.69, 9.17) is 16.3 Å². The van der Waals surface area contributed by atoms with Crippen LogP contribution in [0.1, 0.15) is 30.5 Å². The molecule has 0 spiro atoms. The fourth-order valence-electron chi connectivity index (χ4n) is 4.54. The molecule has 0 saturated carbocycles. The smallest absolute Gasteiger partial charge is 0.258 e. The number of benzene rings is 3. The van der Waals surface area contributed by atoms with Crippen LogP contribution in [-0.2, 0) is 4.79 Å². The van der Waals surface area contributed by atoms with Crippen molar-refractivity contribution in [2.24, 2.45) is 5.10 Å². The second-order valence-corrected chi connectivity index (χ2v) is 9.60. The van der Waals surface area contributed by atoms with Crippen LogP contribution in [-0.4, -0.2) is 28.7 Å². The minimum absolute atomic E-state index is 0.216. The molecule has 1 amide bonds. The minimum Gasteiger partial charge on any atom is -0.497 e. The molecule has 1 atom stereocenters. The van der Waals surface area contributed by atoms with Crippen molar-refractivity contribution in [3.8, 4) is 16.9 Å². The maximum Gasteiger partial charge on any atom is 0.258 e. The molecular formula is C27H21BrClN3O3. The molecule has 3 aromatic carbocycles. The summed E-state index contributed by atoms with van der Waals surface area (Å²) in [6, 6.07) is 20.3. The van der Waals surface area contributed by atoms with Gasteiger partial charge in [-0.2, -0.15) is 5.10 Å². The Morgan fingerprint density at radius 1 is 1.11 bits per heavy atom. The van der Waals surface area contributed by atoms with Gasteiger partial charge in [0.05, 0.1) is 24.4 Å². The molecule has 1 N–H and O–H groups in total. The zero-order chi connectivity index (χ0) is 24.7. The fourth-order valence-corrected chi connectivity index (χ4v) is 5.14. The first-order valence-corrected chi connectivity index (χ1v) is 12.2. The highest BCUT2D eigenvalue weighted by Crippen LogP contribution is 2.39. The van der Waals surface area contributed by atoms with Gasteiger partial charge in [0.1, 0.15) is 5.75 Å². The van der Waals surface area contributed by atoms with Gasteiger partial charge in [-0.3, -0.25) is 9.59 Å². The topological polar surface area (TPSA) is 74.8 Å². The highest BCUT2D eigenvalue weighted by atomic mass is 79.9. The number of pyridine rings is 1. The number of rotatable bonds is 4. The van der Waals surface area contributed by atoms with Crippen molar-refractivity contribution in [1.29, 1.82) is 0 Å². The van der Waals surface area contributed by atoms with E-state index in [1.165, 1.54) is 11.9 Å². The van der Waals surface area contributed by atoms with Gasteiger partial charge in [-0.15, -0.1) is 0 Å². The summed E-state index contributed by atoms with van der Waals surface area (Å²) in [7, 11) is 1.60. The molecule has 0 radical (unpaired) electrons. The largest absolute Gasteiger partial charge is 0.497 e. The van der Waals surface area contributed by atoms with E-state index in [-0.39, 0.29) is 17.5 Å². The summed E-state index contributed by atoms with van der Waals surface area (Å²) < 4.78 is 6.24. The number of H-pyrrole nitrogens is 1. The first kappa shape index (κ1) is 23.3. The van der Waals surface area contributed by atoms with Gasteiger partial charge in [0.2, 0.25) is 5.91 Å². The first-order valence-electron chi connectivity index (χ1n) is 11.0. The molecule has 35 heavy (non-hydrogen) atoms. The summed E-state index contributed by atoms with van der Waals surface area (Å²) in [5, 5.41) is 7.44. The summed E-state index contributed by atoms with van der Waals surface area (Å²) in [6.45, 7) is 1.47. The number of carbonyl (C=O) groups excluding carboxylic acids is 1. The Morgan fingerprint density at radius 2 is 1.91 bits per heavy atom. The predicted octanol–water partition coefficient (Wildman–Crippen LogP) is 6.32. The van der Waals surface area contributed by atoms with Crippen LogP contribution in [0.4, 0.5) is 0 Å². The van der Waals surface area contributed by atoms with Crippen molar-refractivity contribution in [3.63, 3.8) is 0 Å². The van der Waals surface area contributed by atoms with Crippen LogP contribution in [0.2, 0.25) is 5.02 Å². The number of amides is 1. The van der Waals surface area contributed by atoms with Crippen LogP contribution < -0.4 is 10.3 Å². The third-order valence-corrected chi connectivity index (χ3v) is 6.94. The maximum absolute atomic E-state index is 13.5. The third-order valence-electron chi connectivity index (χ3n) is 6.12. The van der Waals surface area contributed by atoms with Crippen LogP contribution in [0.5, 0.6) is 5.75 Å². The van der Waals surface area contributed by atoms with Gasteiger partial charge in [0.15, 0.2) is 0 Å². The number of aromatic nitrogens is 1. The quantitative estimate of drug-likeness (QED) is 0.323. The lowest BCUT2D eigenvalue weighted by Crippen LogP contribution is -2.24. The molecule has 0 bridgehead atoms. The molecular weight excluding hydrogens is 530 g/mol. The maximum atomic E-state index is 13.5. The number of hydrogen-bond donors (Lipinski definition) is 1. The number of ether oxygens (including phenoxy) is 1. The monoisotopic (exact) mass is 549 g/mol. The summed E-state index contributed by atoms with van der Waals surface area (Å²) in [6.07, 6.45) is 0.368. The molecule has 2 heterocycles. The number of halogens is 2. The zero-order valence-corrected chi connectivity index (χ0v) is 21.4. The molecule has 6 nitrogen and oxygen atoms in total. The number of nitrogens with one attached hydrogen (secondary N) is 1. The average molecular weight is 551 g/mol. The molecule has 8 heteroatoms. The van der Waals surface area contributed by atoms with E-state index in [2.05, 4.69) is 26.0 Å². The van der Waals surface area contributed by atoms with Crippen LogP contribution in [0.15, 0.2) is 81.1 Å². The van der Waals surface area contributed by atoms with Crippen LogP contribution in [0.25, 0.3) is 22.0 Å². The number of methoxy groups -OCH3 is 1. The molecule has 0 fully saturated rings. The number of hydrazone groups is 1. The number of carbonyl (C=O) groups is 1. The molecule has 0 saturated heterocycles. The van der Waals surface area contributed by atoms with Gasteiger partial charge in [-0.1, -0.05) is 57.9 Å². The fraction of sp³-hybridized carbons (Fsp3) is 0.148. The van der Waals surface area contributed by atoms with Gasteiger partial charge >= 0.3 is 0 Å². The van der Waals surface area contributed by atoms with E-state index >= 15 is 0 Å². The standard InChI is InChI=1S/C27H21BrClN3O3/c1-15(33)32-24(16-6-5-7-18(12-16)35-2)14-23(31-32)26-25(19-8-3-4-9-21(19)29)20-13-17(28)10-11-22(20)30-27(26)34/h3-13,24H,14H2,1-2H3,(H,30,34)/t24-/m1/s1. The van der Waals surface area contributed by atoms with E-state index < -0.39 is 0 Å². The van der Waals surface area contributed by atoms with E-state index in [0.717, 1.165) is 21.0 Å². The lowest BCUT2D eigenvalue weighted by molar-refractivity contribution is -0.130. The zero-order valence-electron chi connectivity index (χ0n) is 19.0. The van der Waals surface area contributed by atoms with Crippen molar-refractivity contribution in [1.82, 2.24) is 9.99 Å². The van der Waals surface area contributed by atoms with Gasteiger partial charge in [0.25, 0.3) is 5.56 Å². The summed E-state index contributed by atoms with van der Waals surface area (Å²) in [5.74, 6) is 0.469. The van der Waals surface area contributed by atoms with Crippen molar-refractivity contribution in [3.05, 3.63) is 97.7 Å². The van der Waals surface area contributed by atoms with Gasteiger partial charge in [0, 0.05) is 44.9 Å². The molecule has 4 aromatic rings. The summed E-state index contributed by atoms with van der Waals surface area (Å²) in [4.78, 5) is 29.1. The second kappa shape index (κ2) is 9.32. The first-order chi connectivity index (χ1) is 16.9.